The molecular formula is C14H19N5O2. The first-order valence-electron chi connectivity index (χ1n) is 7.09. The van der Waals surface area contributed by atoms with Crippen molar-refractivity contribution in [2.75, 3.05) is 18.0 Å². The van der Waals surface area contributed by atoms with Crippen molar-refractivity contribution in [1.29, 1.82) is 0 Å². The Bertz CT molecular complexity index is 669. The molecule has 3 heterocycles. The number of carbonyl (C=O) groups excluding carboxylic acids is 1. The molecule has 0 spiro atoms. The van der Waals surface area contributed by atoms with Crippen molar-refractivity contribution in [3.63, 3.8) is 0 Å². The van der Waals surface area contributed by atoms with E-state index in [0.29, 0.717) is 16.6 Å². The molecule has 7 nitrogen and oxygen atoms in total. The summed E-state index contributed by atoms with van der Waals surface area (Å²) in [4.78, 5) is 28.3. The fourth-order valence-corrected chi connectivity index (χ4v) is 2.46. The van der Waals surface area contributed by atoms with Gasteiger partial charge in [-0.15, -0.1) is 5.10 Å². The van der Waals surface area contributed by atoms with Crippen molar-refractivity contribution < 1.29 is 9.63 Å². The van der Waals surface area contributed by atoms with Crippen LogP contribution in [-0.2, 0) is 4.79 Å². The van der Waals surface area contributed by atoms with Gasteiger partial charge in [-0.3, -0.25) is 0 Å². The second kappa shape index (κ2) is 4.98. The summed E-state index contributed by atoms with van der Waals surface area (Å²) >= 11 is 0. The van der Waals surface area contributed by atoms with Crippen molar-refractivity contribution in [2.24, 2.45) is 5.41 Å². The number of anilines is 1. The Labute approximate surface area is 122 Å². The van der Waals surface area contributed by atoms with E-state index in [2.05, 4.69) is 33.8 Å². The van der Waals surface area contributed by atoms with Crippen molar-refractivity contribution in [3.8, 4) is 0 Å². The van der Waals surface area contributed by atoms with Crippen LogP contribution in [0.2, 0.25) is 0 Å². The van der Waals surface area contributed by atoms with Crippen LogP contribution in [0.4, 0.5) is 5.82 Å². The van der Waals surface area contributed by atoms with E-state index in [1.54, 1.807) is 6.20 Å². The second-order valence-corrected chi connectivity index (χ2v) is 6.19. The summed E-state index contributed by atoms with van der Waals surface area (Å²) in [5.41, 5.74) is 1.46. The number of nitrogens with zero attached hydrogens (tertiary/aromatic N) is 5. The molecule has 0 N–H and O–H groups in total. The van der Waals surface area contributed by atoms with Gasteiger partial charge in [0.1, 0.15) is 11.3 Å². The summed E-state index contributed by atoms with van der Waals surface area (Å²) in [5.74, 6) is 0.360. The standard InChI is InChI=1S/C14H19N5O2/c1-10(20)21-19-13-11(8-16-19)15-9-12(17-13)18-6-4-14(2,3)5-7-18/h8-9H,4-7H2,1-3H3. The Morgan fingerprint density at radius 3 is 2.67 bits per heavy atom. The van der Waals surface area contributed by atoms with Crippen molar-refractivity contribution in [1.82, 2.24) is 19.9 Å². The van der Waals surface area contributed by atoms with Gasteiger partial charge in [-0.2, -0.15) is 0 Å². The van der Waals surface area contributed by atoms with Gasteiger partial charge in [0.15, 0.2) is 0 Å². The first kappa shape index (κ1) is 13.8. The van der Waals surface area contributed by atoms with Crippen molar-refractivity contribution >= 4 is 23.0 Å². The van der Waals surface area contributed by atoms with Crippen LogP contribution in [0.25, 0.3) is 11.2 Å². The molecule has 1 fully saturated rings. The van der Waals surface area contributed by atoms with Gasteiger partial charge >= 0.3 is 5.97 Å². The number of fused-ring (bicyclic) bond motifs is 1. The number of hydrogen-bond donors (Lipinski definition) is 0. The monoisotopic (exact) mass is 289 g/mol. The lowest BCUT2D eigenvalue weighted by atomic mass is 9.83. The number of hydrogen-bond acceptors (Lipinski definition) is 6. The van der Waals surface area contributed by atoms with E-state index in [4.69, 9.17) is 4.84 Å². The third-order valence-corrected chi connectivity index (χ3v) is 3.89. The summed E-state index contributed by atoms with van der Waals surface area (Å²) in [6.07, 6.45) is 5.53. The summed E-state index contributed by atoms with van der Waals surface area (Å²) < 4.78 is 0. The van der Waals surface area contributed by atoms with E-state index in [-0.39, 0.29) is 0 Å². The maximum absolute atomic E-state index is 11.1. The third kappa shape index (κ3) is 2.81. The molecule has 0 aliphatic carbocycles. The predicted octanol–water partition coefficient (Wildman–Crippen LogP) is 1.43. The minimum absolute atomic E-state index is 0.382. The molecule has 21 heavy (non-hydrogen) atoms. The molecule has 0 aromatic carbocycles. The largest absolute Gasteiger partial charge is 0.355 e. The molecule has 0 unspecified atom stereocenters. The fourth-order valence-electron chi connectivity index (χ4n) is 2.46. The van der Waals surface area contributed by atoms with Gasteiger partial charge in [0.05, 0.1) is 12.4 Å². The normalized spacial score (nSPS) is 18.0. The molecule has 1 aliphatic heterocycles. The van der Waals surface area contributed by atoms with Gasteiger partial charge in [0.25, 0.3) is 0 Å². The first-order valence-corrected chi connectivity index (χ1v) is 7.09. The molecule has 0 bridgehead atoms. The van der Waals surface area contributed by atoms with Crippen LogP contribution in [0.1, 0.15) is 33.6 Å². The lowest BCUT2D eigenvalue weighted by Gasteiger charge is -2.37. The third-order valence-electron chi connectivity index (χ3n) is 3.89. The zero-order chi connectivity index (χ0) is 15.0. The minimum atomic E-state index is -0.438. The molecule has 0 saturated carbocycles. The molecule has 1 saturated heterocycles. The highest BCUT2D eigenvalue weighted by atomic mass is 16.7. The highest BCUT2D eigenvalue weighted by molar-refractivity contribution is 5.72. The van der Waals surface area contributed by atoms with Crippen LogP contribution in [0.5, 0.6) is 0 Å². The predicted molar refractivity (Wildman–Crippen MR) is 77.8 cm³/mol. The van der Waals surface area contributed by atoms with Crippen LogP contribution >= 0.6 is 0 Å². The van der Waals surface area contributed by atoms with Gasteiger partial charge < -0.3 is 9.74 Å². The Morgan fingerprint density at radius 2 is 2.00 bits per heavy atom. The molecule has 2 aromatic rings. The lowest BCUT2D eigenvalue weighted by molar-refractivity contribution is -0.142. The summed E-state index contributed by atoms with van der Waals surface area (Å²) in [5, 5.41) is 3.97. The van der Waals surface area contributed by atoms with Crippen molar-refractivity contribution in [2.45, 2.75) is 33.6 Å². The van der Waals surface area contributed by atoms with Gasteiger partial charge in [-0.1, -0.05) is 18.7 Å². The average molecular weight is 289 g/mol. The fraction of sp³-hybridized carbons (Fsp3) is 0.571. The Kier molecular flexibility index (Phi) is 3.27. The average Bonchev–Trinajstić information content (AvgIpc) is 2.80. The van der Waals surface area contributed by atoms with E-state index in [1.165, 1.54) is 13.1 Å². The lowest BCUT2D eigenvalue weighted by Crippen LogP contribution is -2.37. The van der Waals surface area contributed by atoms with Crippen LogP contribution in [0.3, 0.4) is 0 Å². The Balaban J connectivity index is 1.88. The quantitative estimate of drug-likeness (QED) is 0.832. The molecule has 1 aliphatic rings. The molecule has 3 rings (SSSR count). The molecule has 112 valence electrons. The van der Waals surface area contributed by atoms with E-state index in [9.17, 15) is 4.79 Å². The summed E-state index contributed by atoms with van der Waals surface area (Å²) in [7, 11) is 0. The van der Waals surface area contributed by atoms with E-state index < -0.39 is 5.97 Å². The second-order valence-electron chi connectivity index (χ2n) is 6.19. The number of rotatable bonds is 2. The van der Waals surface area contributed by atoms with Gasteiger partial charge in [0.2, 0.25) is 5.65 Å². The zero-order valence-corrected chi connectivity index (χ0v) is 12.5. The Hall–Kier alpha value is -2.18. The van der Waals surface area contributed by atoms with Crippen LogP contribution < -0.4 is 9.74 Å². The minimum Gasteiger partial charge on any atom is -0.355 e. The maximum atomic E-state index is 11.1. The summed E-state index contributed by atoms with van der Waals surface area (Å²) in [6.45, 7) is 7.81. The van der Waals surface area contributed by atoms with Crippen LogP contribution in [0, 0.1) is 5.41 Å². The van der Waals surface area contributed by atoms with E-state index in [1.807, 2.05) is 0 Å². The Morgan fingerprint density at radius 1 is 1.29 bits per heavy atom. The SMILES string of the molecule is CC(=O)On1ncc2ncc(N3CCC(C)(C)CC3)nc21. The number of piperidine rings is 1. The smallest absolute Gasteiger partial charge is 0.332 e. The number of aromatic nitrogens is 4. The van der Waals surface area contributed by atoms with Gasteiger partial charge in [-0.25, -0.2) is 14.8 Å². The van der Waals surface area contributed by atoms with Gasteiger partial charge in [-0.05, 0) is 18.3 Å². The topological polar surface area (TPSA) is 73.1 Å². The molecular weight excluding hydrogens is 270 g/mol. The highest BCUT2D eigenvalue weighted by Crippen LogP contribution is 2.31. The molecule has 7 heteroatoms. The molecule has 0 radical (unpaired) electrons. The van der Waals surface area contributed by atoms with Crippen LogP contribution in [0.15, 0.2) is 12.4 Å². The first-order chi connectivity index (χ1) is 9.94. The maximum Gasteiger partial charge on any atom is 0.332 e. The van der Waals surface area contributed by atoms with Gasteiger partial charge in [0, 0.05) is 20.0 Å². The van der Waals surface area contributed by atoms with E-state index >= 15 is 0 Å². The molecule has 2 aromatic heterocycles. The van der Waals surface area contributed by atoms with Crippen LogP contribution in [-0.4, -0.2) is 39.0 Å². The number of carbonyl (C=O) groups is 1. The zero-order valence-electron chi connectivity index (χ0n) is 12.5. The van der Waals surface area contributed by atoms with E-state index in [0.717, 1.165) is 36.6 Å². The molecule has 0 atom stereocenters. The molecule has 0 amide bonds. The van der Waals surface area contributed by atoms with Crippen molar-refractivity contribution in [3.05, 3.63) is 12.4 Å². The highest BCUT2D eigenvalue weighted by Gasteiger charge is 2.26. The summed E-state index contributed by atoms with van der Waals surface area (Å²) in [6, 6.07) is 0.